The number of hydrogen-bond acceptors (Lipinski definition) is 13. The zero-order valence-corrected chi connectivity index (χ0v) is 76.0. The van der Waals surface area contributed by atoms with Gasteiger partial charge in [0.05, 0.1) is 33.4 Å². The molecule has 120 heavy (non-hydrogen) atoms. The number of carboxylic acids is 2. The van der Waals surface area contributed by atoms with Gasteiger partial charge in [0, 0.05) is 0 Å². The summed E-state index contributed by atoms with van der Waals surface area (Å²) in [4.78, 5) is 82.6. The highest BCUT2D eigenvalue weighted by atomic mass is 16.6. The van der Waals surface area contributed by atoms with Crippen molar-refractivity contribution in [2.45, 2.75) is 308 Å². The van der Waals surface area contributed by atoms with E-state index in [0.717, 1.165) is 136 Å². The molecular formula is C105H138O15. The Bertz CT molecular complexity index is 4670. The Labute approximate surface area is 716 Å². The minimum Gasteiger partial charge on any atom is -0.482 e. The van der Waals surface area contributed by atoms with Crippen molar-refractivity contribution in [1.82, 2.24) is 0 Å². The highest BCUT2D eigenvalue weighted by molar-refractivity contribution is 5.93. The molecule has 0 spiro atoms. The fourth-order valence-electron chi connectivity index (χ4n) is 20.6. The highest BCUT2D eigenvalue weighted by Crippen LogP contribution is 2.61. The molecule has 10 fully saturated rings. The van der Waals surface area contributed by atoms with Crippen molar-refractivity contribution < 1.29 is 72.2 Å². The van der Waals surface area contributed by atoms with E-state index in [1.807, 2.05) is 195 Å². The molecule has 0 radical (unpaired) electrons. The highest BCUT2D eigenvalue weighted by Gasteiger charge is 2.58. The second kappa shape index (κ2) is 41.0. The third kappa shape index (κ3) is 25.9. The lowest BCUT2D eigenvalue weighted by atomic mass is 9.50. The van der Waals surface area contributed by atoms with E-state index in [0.29, 0.717) is 57.1 Å². The van der Waals surface area contributed by atoms with Crippen LogP contribution >= 0.6 is 0 Å². The van der Waals surface area contributed by atoms with E-state index < -0.39 is 17.5 Å². The van der Waals surface area contributed by atoms with E-state index in [1.54, 1.807) is 31.2 Å². The Morgan fingerprint density at radius 3 is 1.05 bits per heavy atom. The predicted molar refractivity (Wildman–Crippen MR) is 477 cm³/mol. The molecule has 7 aromatic rings. The summed E-state index contributed by atoms with van der Waals surface area (Å²) >= 11 is 0. The molecule has 0 amide bonds. The second-order valence-corrected chi connectivity index (χ2v) is 38.4. The summed E-state index contributed by atoms with van der Waals surface area (Å²) in [6, 6.07) is 40.1. The van der Waals surface area contributed by atoms with Crippen molar-refractivity contribution in [3.63, 3.8) is 0 Å². The molecule has 0 atom stereocenters. The Balaban J connectivity index is 0.000000162. The van der Waals surface area contributed by atoms with Gasteiger partial charge in [0.15, 0.2) is 6.61 Å². The summed E-state index contributed by atoms with van der Waals surface area (Å²) in [5.41, 5.74) is 17.0. The van der Waals surface area contributed by atoms with Crippen LogP contribution in [0.2, 0.25) is 0 Å². The first-order valence-electron chi connectivity index (χ1n) is 44.2. The van der Waals surface area contributed by atoms with Gasteiger partial charge in [0.1, 0.15) is 33.8 Å². The predicted octanol–water partition coefficient (Wildman–Crippen LogP) is 25.1. The fourth-order valence-corrected chi connectivity index (χ4v) is 20.6. The summed E-state index contributed by atoms with van der Waals surface area (Å²) in [5, 5.41) is 17.3. The molecule has 648 valence electrons. The average molecular weight is 1640 g/mol. The zero-order valence-electron chi connectivity index (χ0n) is 76.0. The molecule has 0 aromatic heterocycles. The number of carbonyl (C=O) groups excluding carboxylic acids is 5. The minimum absolute atomic E-state index is 0.00574. The zero-order chi connectivity index (χ0) is 87.9. The molecule has 0 unspecified atom stereocenters. The van der Waals surface area contributed by atoms with Crippen LogP contribution in [-0.2, 0) is 28.5 Å². The number of aromatic carboxylic acids is 2. The molecule has 10 saturated carbocycles. The molecule has 17 rings (SSSR count). The monoisotopic (exact) mass is 1640 g/mol. The Morgan fingerprint density at radius 1 is 0.350 bits per heavy atom. The number of benzene rings is 7. The molecule has 10 aliphatic rings. The van der Waals surface area contributed by atoms with Crippen LogP contribution in [0.15, 0.2) is 127 Å². The summed E-state index contributed by atoms with van der Waals surface area (Å²) in [7, 11) is 0. The van der Waals surface area contributed by atoms with Crippen LogP contribution in [0.1, 0.15) is 323 Å². The van der Waals surface area contributed by atoms with Gasteiger partial charge in [-0.15, -0.1) is 0 Å². The van der Waals surface area contributed by atoms with Gasteiger partial charge in [-0.2, -0.15) is 0 Å². The van der Waals surface area contributed by atoms with E-state index >= 15 is 0 Å². The normalized spacial score (nSPS) is 23.3. The van der Waals surface area contributed by atoms with Gasteiger partial charge < -0.3 is 38.6 Å². The minimum atomic E-state index is -0.864. The van der Waals surface area contributed by atoms with E-state index in [2.05, 4.69) is 46.8 Å². The number of ether oxygens (including phenoxy) is 6. The lowest BCUT2D eigenvalue weighted by Gasteiger charge is -2.59. The van der Waals surface area contributed by atoms with Crippen LogP contribution in [0.3, 0.4) is 0 Å². The quantitative estimate of drug-likeness (QED) is 0.0765. The first-order valence-corrected chi connectivity index (χ1v) is 44.2. The van der Waals surface area contributed by atoms with Gasteiger partial charge in [0.2, 0.25) is 0 Å². The molecule has 0 heterocycles. The van der Waals surface area contributed by atoms with E-state index in [1.165, 1.54) is 107 Å². The van der Waals surface area contributed by atoms with E-state index in [-0.39, 0.29) is 58.9 Å². The Kier molecular flexibility index (Phi) is 32.3. The number of esters is 5. The van der Waals surface area contributed by atoms with Gasteiger partial charge in [-0.25, -0.2) is 33.6 Å². The molecule has 15 nitrogen and oxygen atoms in total. The summed E-state index contributed by atoms with van der Waals surface area (Å²) in [6.45, 7) is 41.8. The van der Waals surface area contributed by atoms with Crippen molar-refractivity contribution in [3.05, 3.63) is 239 Å². The van der Waals surface area contributed by atoms with Crippen molar-refractivity contribution in [2.24, 2.45) is 47.3 Å². The molecular weight excluding hydrogens is 1500 g/mol. The molecule has 7 aromatic carbocycles. The lowest BCUT2D eigenvalue weighted by molar-refractivity contribution is -0.204. The lowest BCUT2D eigenvalue weighted by Crippen LogP contribution is -2.58. The molecule has 15 heteroatoms. The second-order valence-electron chi connectivity index (χ2n) is 38.4. The molecule has 8 bridgehead atoms. The van der Waals surface area contributed by atoms with Gasteiger partial charge in [-0.3, -0.25) is 0 Å². The molecule has 10 aliphatic carbocycles. The third-order valence-electron chi connectivity index (χ3n) is 26.6. The summed E-state index contributed by atoms with van der Waals surface area (Å²) in [5.74, 6) is 3.97. The largest absolute Gasteiger partial charge is 0.482 e. The summed E-state index contributed by atoms with van der Waals surface area (Å²) in [6.07, 6.45) is 25.0. The molecule has 0 aliphatic heterocycles. The number of rotatable bonds is 14. The Morgan fingerprint density at radius 2 is 0.692 bits per heavy atom. The van der Waals surface area contributed by atoms with Crippen LogP contribution < -0.4 is 4.74 Å². The van der Waals surface area contributed by atoms with Gasteiger partial charge in [-0.1, -0.05) is 143 Å². The van der Waals surface area contributed by atoms with Gasteiger partial charge in [-0.05, 0) is 390 Å². The van der Waals surface area contributed by atoms with Crippen molar-refractivity contribution in [2.75, 3.05) is 6.61 Å². The van der Waals surface area contributed by atoms with Crippen LogP contribution in [0, 0.1) is 144 Å². The SMILES string of the molecule is CCC1(OC(=O)c2ccc(C)cc2C)CCCCC1.Cc1cc(C)cc(C(=O)O)c1.Cc1cc(C)cc(C(=O)OC2(C)C3CC4CC(C3)CC2C4)c1.Cc1ccc(C(=O)O)c(C)c1.Cc1ccc(C(=O)OC(C)(C)C)c(C)c1.Cc1ccc(C(=O)OC2(C)CCCCC2)c(C)c1.Cc1ccc(OCC(=O)OC2(C)C3CC4CC(C3)CC2C4)c(C)c1. The number of hydrogen-bond donors (Lipinski definition) is 2. The van der Waals surface area contributed by atoms with E-state index in [9.17, 15) is 33.6 Å². The first-order chi connectivity index (χ1) is 56.4. The number of aryl methyl sites for hydroxylation is 14. The maximum Gasteiger partial charge on any atom is 0.344 e. The van der Waals surface area contributed by atoms with Crippen LogP contribution in [0.4, 0.5) is 0 Å². The fraction of sp³-hybridized carbons (Fsp3) is 0.533. The van der Waals surface area contributed by atoms with Gasteiger partial charge in [0.25, 0.3) is 0 Å². The third-order valence-corrected chi connectivity index (χ3v) is 26.6. The smallest absolute Gasteiger partial charge is 0.344 e. The van der Waals surface area contributed by atoms with Crippen molar-refractivity contribution >= 4 is 41.8 Å². The molecule has 2 N–H and O–H groups in total. The van der Waals surface area contributed by atoms with Crippen LogP contribution in [-0.4, -0.2) is 86.6 Å². The summed E-state index contributed by atoms with van der Waals surface area (Å²) < 4.78 is 34.9. The topological polar surface area (TPSA) is 215 Å². The maximum absolute atomic E-state index is 12.7. The Hall–Kier alpha value is -9.37. The van der Waals surface area contributed by atoms with E-state index in [4.69, 9.17) is 38.6 Å². The van der Waals surface area contributed by atoms with Crippen molar-refractivity contribution in [1.29, 1.82) is 0 Å². The first kappa shape index (κ1) is 94.5. The van der Waals surface area contributed by atoms with Crippen LogP contribution in [0.5, 0.6) is 5.75 Å². The average Bonchev–Trinajstić information content (AvgIpc) is 0.737. The standard InChI is InChI=1S/C21H28O3.C20H26O2.C17H24O2.C16H22O2.C13H18O2.2C9H10O2/c1-13-4-5-19(14(2)6-13)23-12-20(22)24-21(3)17-8-15-7-16(10-17)11-18(21)9-15;1-12-4-13(2)6-16(5-12)19(21)22-20(3)17-8-14-7-15(10-17)11-18(20)9-14;1-4-17(10-6-5-7-11-17)19-16(18)15-9-8-13(2)12-14(15)3;1-12-7-8-14(13(2)11-12)15(17)18-16(3)9-5-4-6-10-16;1-9-6-7-11(10(2)8-9)12(14)15-13(3,4)5;1-6-3-7(2)5-8(4-6)9(10)11;1-6-3-4-8(9(10)11)7(2)5-6/h4-6,15-18H,7-12H2,1-3H3;4-6,14-15,17-18H,7-11H2,1-3H3;8-9,12H,4-7,10-11H2,1-3H3;7-8,11H,4-6,9-10H2,1-3H3;6-8H,1-5H3;2*3-5H,1-2H3,(H,10,11). The maximum atomic E-state index is 12.7. The van der Waals surface area contributed by atoms with Crippen molar-refractivity contribution in [3.8, 4) is 5.75 Å². The van der Waals surface area contributed by atoms with Gasteiger partial charge >= 0.3 is 41.8 Å². The van der Waals surface area contributed by atoms with Crippen LogP contribution in [0.25, 0.3) is 0 Å². The molecule has 0 saturated heterocycles. The number of carboxylic acid groups (broad SMARTS) is 2. The number of carbonyl (C=O) groups is 7.